The molecular weight excluding hydrogens is 408 g/mol. The van der Waals surface area contributed by atoms with E-state index in [1.54, 1.807) is 17.8 Å². The van der Waals surface area contributed by atoms with Crippen LogP contribution in [0.25, 0.3) is 0 Å². The number of nitrogens with one attached hydrogen (secondary N) is 1. The molecule has 2 rings (SSSR count). The lowest BCUT2D eigenvalue weighted by molar-refractivity contribution is -0.121. The molecule has 0 unspecified atom stereocenters. The highest BCUT2D eigenvalue weighted by Gasteiger charge is 2.17. The normalized spacial score (nSPS) is 11.1. The van der Waals surface area contributed by atoms with E-state index in [1.807, 2.05) is 55.6 Å². The number of hydrogen-bond acceptors (Lipinski definition) is 5. The molecule has 0 fully saturated rings. The number of nitrogens with zero attached hydrogens (tertiary/aromatic N) is 1. The fourth-order valence-corrected chi connectivity index (χ4v) is 4.20. The number of sulfonamides is 1. The Labute approximate surface area is 177 Å². The van der Waals surface area contributed by atoms with Gasteiger partial charge in [0.1, 0.15) is 12.4 Å². The van der Waals surface area contributed by atoms with Crippen LogP contribution >= 0.6 is 11.8 Å². The summed E-state index contributed by atoms with van der Waals surface area (Å²) in [6.45, 7) is 3.03. The predicted molar refractivity (Wildman–Crippen MR) is 119 cm³/mol. The van der Waals surface area contributed by atoms with E-state index >= 15 is 0 Å². The number of hydrogen-bond donors (Lipinski definition) is 1. The summed E-state index contributed by atoms with van der Waals surface area (Å²) in [5.74, 6) is 0.652. The van der Waals surface area contributed by atoms with Crippen molar-refractivity contribution in [3.63, 3.8) is 0 Å². The van der Waals surface area contributed by atoms with Crippen molar-refractivity contribution in [1.29, 1.82) is 0 Å². The van der Waals surface area contributed by atoms with Gasteiger partial charge >= 0.3 is 0 Å². The molecule has 0 bridgehead atoms. The summed E-state index contributed by atoms with van der Waals surface area (Å²) in [4.78, 5) is 13.0. The Hall–Kier alpha value is -2.19. The minimum Gasteiger partial charge on any atom is -0.492 e. The number of amides is 1. The third kappa shape index (κ3) is 7.98. The maximum Gasteiger partial charge on any atom is 0.232 e. The molecule has 1 N–H and O–H groups in total. The molecular formula is C21H28N2O4S2. The van der Waals surface area contributed by atoms with E-state index in [0.717, 1.165) is 16.2 Å². The van der Waals surface area contributed by atoms with Crippen LogP contribution in [-0.2, 0) is 14.8 Å². The van der Waals surface area contributed by atoms with Gasteiger partial charge in [-0.25, -0.2) is 8.42 Å². The summed E-state index contributed by atoms with van der Waals surface area (Å²) in [5.41, 5.74) is 1.73. The van der Waals surface area contributed by atoms with Crippen molar-refractivity contribution in [2.75, 3.05) is 36.5 Å². The Morgan fingerprint density at radius 3 is 2.62 bits per heavy atom. The van der Waals surface area contributed by atoms with E-state index in [0.29, 0.717) is 25.3 Å². The summed E-state index contributed by atoms with van der Waals surface area (Å²) in [7, 11) is -3.42. The van der Waals surface area contributed by atoms with Crippen molar-refractivity contribution in [3.8, 4) is 5.75 Å². The molecule has 6 nitrogen and oxygen atoms in total. The largest absolute Gasteiger partial charge is 0.492 e. The van der Waals surface area contributed by atoms with Crippen LogP contribution in [-0.4, -0.2) is 46.5 Å². The first-order valence-corrected chi connectivity index (χ1v) is 12.4. The maximum atomic E-state index is 12.2. The number of anilines is 1. The molecule has 0 aromatic heterocycles. The van der Waals surface area contributed by atoms with Gasteiger partial charge in [0, 0.05) is 17.9 Å². The molecule has 0 aliphatic carbocycles. The molecule has 2 aromatic carbocycles. The van der Waals surface area contributed by atoms with Crippen molar-refractivity contribution < 1.29 is 17.9 Å². The van der Waals surface area contributed by atoms with Gasteiger partial charge in [-0.1, -0.05) is 18.2 Å². The van der Waals surface area contributed by atoms with Crippen LogP contribution in [0.1, 0.15) is 18.4 Å². The molecule has 2 aromatic rings. The van der Waals surface area contributed by atoms with E-state index in [4.69, 9.17) is 4.74 Å². The summed E-state index contributed by atoms with van der Waals surface area (Å²) in [6.07, 6.45) is 3.80. The average molecular weight is 437 g/mol. The first kappa shape index (κ1) is 23.1. The molecule has 0 aliphatic rings. The maximum absolute atomic E-state index is 12.2. The van der Waals surface area contributed by atoms with Crippen LogP contribution in [0.15, 0.2) is 53.4 Å². The number of carbonyl (C=O) groups excluding carboxylic acids is 1. The van der Waals surface area contributed by atoms with Crippen molar-refractivity contribution in [3.05, 3.63) is 54.1 Å². The number of rotatable bonds is 11. The van der Waals surface area contributed by atoms with E-state index in [1.165, 1.54) is 10.6 Å². The predicted octanol–water partition coefficient (Wildman–Crippen LogP) is 3.46. The molecule has 0 aliphatic heterocycles. The second-order valence-electron chi connectivity index (χ2n) is 6.66. The molecule has 0 spiro atoms. The van der Waals surface area contributed by atoms with Crippen molar-refractivity contribution in [2.24, 2.45) is 0 Å². The number of ether oxygens (including phenoxy) is 1. The van der Waals surface area contributed by atoms with E-state index in [9.17, 15) is 13.2 Å². The second kappa shape index (κ2) is 11.1. The Morgan fingerprint density at radius 1 is 1.17 bits per heavy atom. The van der Waals surface area contributed by atoms with Crippen LogP contribution < -0.4 is 14.4 Å². The third-order valence-electron chi connectivity index (χ3n) is 4.19. The molecule has 1 amide bonds. The Balaban J connectivity index is 1.77. The van der Waals surface area contributed by atoms with Crippen LogP contribution in [0.4, 0.5) is 5.69 Å². The van der Waals surface area contributed by atoms with Gasteiger partial charge in [0.05, 0.1) is 18.5 Å². The van der Waals surface area contributed by atoms with Crippen LogP contribution in [0.3, 0.4) is 0 Å². The zero-order valence-electron chi connectivity index (χ0n) is 17.1. The highest BCUT2D eigenvalue weighted by molar-refractivity contribution is 7.98. The van der Waals surface area contributed by atoms with Gasteiger partial charge in [0.15, 0.2) is 0 Å². The molecule has 29 heavy (non-hydrogen) atoms. The summed E-state index contributed by atoms with van der Waals surface area (Å²) < 4.78 is 31.3. The monoisotopic (exact) mass is 436 g/mol. The molecule has 0 atom stereocenters. The first-order valence-electron chi connectivity index (χ1n) is 9.37. The van der Waals surface area contributed by atoms with Crippen LogP contribution in [0.5, 0.6) is 5.75 Å². The first-order chi connectivity index (χ1) is 13.8. The molecule has 0 radical (unpaired) electrons. The third-order valence-corrected chi connectivity index (χ3v) is 6.11. The summed E-state index contributed by atoms with van der Waals surface area (Å²) >= 11 is 1.55. The van der Waals surface area contributed by atoms with E-state index in [-0.39, 0.29) is 18.9 Å². The van der Waals surface area contributed by atoms with Crippen molar-refractivity contribution in [2.45, 2.75) is 24.7 Å². The quantitative estimate of drug-likeness (QED) is 0.431. The summed E-state index contributed by atoms with van der Waals surface area (Å²) in [6, 6.07) is 15.1. The minimum atomic E-state index is -3.42. The van der Waals surface area contributed by atoms with Crippen molar-refractivity contribution in [1.82, 2.24) is 5.32 Å². The van der Waals surface area contributed by atoms with Gasteiger partial charge in [0.2, 0.25) is 15.9 Å². The second-order valence-corrected chi connectivity index (χ2v) is 9.44. The minimum absolute atomic E-state index is 0.121. The topological polar surface area (TPSA) is 75.7 Å². The van der Waals surface area contributed by atoms with E-state index in [2.05, 4.69) is 5.32 Å². The fourth-order valence-electron chi connectivity index (χ4n) is 2.79. The zero-order valence-corrected chi connectivity index (χ0v) is 18.7. The molecule has 0 saturated heterocycles. The lowest BCUT2D eigenvalue weighted by Crippen LogP contribution is -2.32. The molecule has 8 heteroatoms. The van der Waals surface area contributed by atoms with Crippen LogP contribution in [0.2, 0.25) is 0 Å². The lowest BCUT2D eigenvalue weighted by atomic mass is 10.2. The SMILES string of the molecule is CSc1cccc(N(CCCC(=O)NCCOc2cccc(C)c2)S(C)(=O)=O)c1. The average Bonchev–Trinajstić information content (AvgIpc) is 2.68. The Bertz CT molecular complexity index is 916. The van der Waals surface area contributed by atoms with Gasteiger partial charge in [-0.05, 0) is 55.5 Å². The highest BCUT2D eigenvalue weighted by atomic mass is 32.2. The van der Waals surface area contributed by atoms with Gasteiger partial charge in [-0.2, -0.15) is 0 Å². The smallest absolute Gasteiger partial charge is 0.232 e. The highest BCUT2D eigenvalue weighted by Crippen LogP contribution is 2.24. The van der Waals surface area contributed by atoms with Gasteiger partial charge in [0.25, 0.3) is 0 Å². The number of aryl methyl sites for hydroxylation is 1. The lowest BCUT2D eigenvalue weighted by Gasteiger charge is -2.22. The molecule has 0 saturated carbocycles. The Morgan fingerprint density at radius 2 is 1.93 bits per heavy atom. The molecule has 0 heterocycles. The standard InChI is InChI=1S/C21H28N2O4S2/c1-17-7-4-9-19(15-17)27-14-12-22-21(24)11-6-13-23(29(3,25)26)18-8-5-10-20(16-18)28-2/h4-5,7-10,15-16H,6,11-14H2,1-3H3,(H,22,24). The van der Waals surface area contributed by atoms with E-state index < -0.39 is 10.0 Å². The zero-order chi connectivity index (χ0) is 21.3. The number of thioether (sulfide) groups is 1. The molecule has 158 valence electrons. The Kier molecular flexibility index (Phi) is 8.85. The summed E-state index contributed by atoms with van der Waals surface area (Å²) in [5, 5.41) is 2.80. The number of benzene rings is 2. The van der Waals surface area contributed by atoms with Gasteiger partial charge in [-0.15, -0.1) is 11.8 Å². The van der Waals surface area contributed by atoms with Gasteiger partial charge in [-0.3, -0.25) is 9.10 Å². The van der Waals surface area contributed by atoms with Crippen LogP contribution in [0, 0.1) is 6.92 Å². The fraction of sp³-hybridized carbons (Fsp3) is 0.381. The van der Waals surface area contributed by atoms with Crippen molar-refractivity contribution >= 4 is 33.4 Å². The van der Waals surface area contributed by atoms with Gasteiger partial charge < -0.3 is 10.1 Å². The number of carbonyl (C=O) groups is 1.